The van der Waals surface area contributed by atoms with Gasteiger partial charge in [0.1, 0.15) is 6.10 Å². The summed E-state index contributed by atoms with van der Waals surface area (Å²) in [5, 5.41) is 0. The maximum atomic E-state index is 11.8. The Kier molecular flexibility index (Phi) is 5.75. The zero-order valence-electron chi connectivity index (χ0n) is 23.6. The van der Waals surface area contributed by atoms with Crippen molar-refractivity contribution in [1.82, 2.24) is 0 Å². The fourth-order valence-electron chi connectivity index (χ4n) is 11.5. The summed E-state index contributed by atoms with van der Waals surface area (Å²) < 4.78 is 5.90. The largest absolute Gasteiger partial charge is 0.462 e. The molecule has 0 N–H and O–H groups in total. The molecule has 0 saturated heterocycles. The zero-order valence-corrected chi connectivity index (χ0v) is 23.6. The molecule has 0 bridgehead atoms. The summed E-state index contributed by atoms with van der Waals surface area (Å²) in [6.07, 6.45) is 17.6. The van der Waals surface area contributed by atoms with Crippen molar-refractivity contribution in [3.8, 4) is 0 Å². The summed E-state index contributed by atoms with van der Waals surface area (Å²) in [5.74, 6) is 3.27. The van der Waals surface area contributed by atoms with Crippen molar-refractivity contribution in [2.45, 2.75) is 132 Å². The molecule has 5 aliphatic rings. The number of fused-ring (bicyclic) bond motifs is 2. The highest BCUT2D eigenvalue weighted by Gasteiger charge is 2.82. The van der Waals surface area contributed by atoms with Crippen LogP contribution in [0.1, 0.15) is 126 Å². The first-order valence-electron chi connectivity index (χ1n) is 14.6. The highest BCUT2D eigenvalue weighted by molar-refractivity contribution is 5.66. The average Bonchev–Trinajstić information content (AvgIpc) is 3.32. The van der Waals surface area contributed by atoms with Gasteiger partial charge < -0.3 is 4.74 Å². The summed E-state index contributed by atoms with van der Waals surface area (Å²) in [6.45, 7) is 18.9. The lowest BCUT2D eigenvalue weighted by atomic mass is 9.41. The summed E-state index contributed by atoms with van der Waals surface area (Å²) in [6, 6.07) is 0. The molecule has 34 heavy (non-hydrogen) atoms. The molecule has 9 atom stereocenters. The summed E-state index contributed by atoms with van der Waals surface area (Å²) >= 11 is 0. The van der Waals surface area contributed by atoms with Crippen molar-refractivity contribution in [1.29, 1.82) is 0 Å². The molecule has 5 saturated carbocycles. The SMILES string of the molecule is CC(=O)O[C@H]1CC[C@]23C[C@]24CC[C@]2(C)[C@@H]([C@@H](C)CCC=C(C)C)CC[C@@]2(C)[C@H]4CC[C@@H]3C1(C)C. The van der Waals surface area contributed by atoms with Crippen LogP contribution >= 0.6 is 0 Å². The molecule has 2 spiro atoms. The van der Waals surface area contributed by atoms with Crippen LogP contribution in [-0.4, -0.2) is 12.1 Å². The Morgan fingerprint density at radius 3 is 2.24 bits per heavy atom. The number of hydrogen-bond donors (Lipinski definition) is 0. The van der Waals surface area contributed by atoms with Gasteiger partial charge in [-0.05, 0) is 130 Å². The van der Waals surface area contributed by atoms with Crippen molar-refractivity contribution in [3.63, 3.8) is 0 Å². The van der Waals surface area contributed by atoms with E-state index in [9.17, 15) is 4.79 Å². The molecule has 5 rings (SSSR count). The molecule has 0 aromatic carbocycles. The van der Waals surface area contributed by atoms with Gasteiger partial charge in [0, 0.05) is 12.3 Å². The molecule has 0 aromatic heterocycles. The smallest absolute Gasteiger partial charge is 0.302 e. The second kappa shape index (κ2) is 7.85. The minimum atomic E-state index is -0.0927. The highest BCUT2D eigenvalue weighted by Crippen LogP contribution is 2.89. The lowest BCUT2D eigenvalue weighted by Crippen LogP contribution is -2.58. The third-order valence-electron chi connectivity index (χ3n) is 13.3. The Hall–Kier alpha value is -0.790. The van der Waals surface area contributed by atoms with Gasteiger partial charge in [-0.15, -0.1) is 0 Å². The van der Waals surface area contributed by atoms with Gasteiger partial charge in [0.25, 0.3) is 0 Å². The molecular weight excluding hydrogens is 416 g/mol. The first kappa shape index (κ1) is 24.9. The van der Waals surface area contributed by atoms with E-state index in [1.807, 2.05) is 0 Å². The number of esters is 1. The minimum absolute atomic E-state index is 0.0927. The molecule has 0 aromatic rings. The van der Waals surface area contributed by atoms with Crippen LogP contribution in [0.15, 0.2) is 11.6 Å². The van der Waals surface area contributed by atoms with Crippen LogP contribution in [0.3, 0.4) is 0 Å². The molecule has 0 amide bonds. The van der Waals surface area contributed by atoms with Gasteiger partial charge in [-0.3, -0.25) is 4.79 Å². The molecule has 5 fully saturated rings. The van der Waals surface area contributed by atoms with E-state index in [-0.39, 0.29) is 17.5 Å². The normalized spacial score (nSPS) is 49.1. The van der Waals surface area contributed by atoms with Crippen LogP contribution in [0, 0.1) is 50.7 Å². The maximum absolute atomic E-state index is 11.8. The van der Waals surface area contributed by atoms with Crippen molar-refractivity contribution < 1.29 is 9.53 Å². The topological polar surface area (TPSA) is 26.3 Å². The van der Waals surface area contributed by atoms with Gasteiger partial charge in [-0.25, -0.2) is 0 Å². The van der Waals surface area contributed by atoms with Gasteiger partial charge in [0.15, 0.2) is 0 Å². The third kappa shape index (κ3) is 3.14. The zero-order chi connectivity index (χ0) is 24.7. The van der Waals surface area contributed by atoms with E-state index < -0.39 is 0 Å². The van der Waals surface area contributed by atoms with Gasteiger partial charge in [-0.2, -0.15) is 0 Å². The van der Waals surface area contributed by atoms with Crippen LogP contribution in [0.25, 0.3) is 0 Å². The average molecular weight is 469 g/mol. The molecule has 0 unspecified atom stereocenters. The predicted molar refractivity (Wildman–Crippen MR) is 140 cm³/mol. The molecular formula is C32H52O2. The monoisotopic (exact) mass is 468 g/mol. The van der Waals surface area contributed by atoms with Crippen molar-refractivity contribution in [3.05, 3.63) is 11.6 Å². The number of hydrogen-bond acceptors (Lipinski definition) is 2. The van der Waals surface area contributed by atoms with E-state index >= 15 is 0 Å². The van der Waals surface area contributed by atoms with Crippen LogP contribution in [-0.2, 0) is 9.53 Å². The fourth-order valence-corrected chi connectivity index (χ4v) is 11.5. The highest BCUT2D eigenvalue weighted by atomic mass is 16.5. The Balaban J connectivity index is 1.39. The molecule has 5 aliphatic carbocycles. The van der Waals surface area contributed by atoms with Gasteiger partial charge in [0.05, 0.1) is 0 Å². The minimum Gasteiger partial charge on any atom is -0.462 e. The van der Waals surface area contributed by atoms with E-state index in [4.69, 9.17) is 4.74 Å². The van der Waals surface area contributed by atoms with E-state index in [1.54, 1.807) is 6.92 Å². The lowest BCUT2D eigenvalue weighted by molar-refractivity contribution is -0.181. The number of rotatable bonds is 5. The van der Waals surface area contributed by atoms with Gasteiger partial charge >= 0.3 is 5.97 Å². The van der Waals surface area contributed by atoms with E-state index in [0.29, 0.717) is 21.7 Å². The number of ether oxygens (including phenoxy) is 1. The molecule has 0 aliphatic heterocycles. The van der Waals surface area contributed by atoms with Crippen molar-refractivity contribution in [2.75, 3.05) is 0 Å². The van der Waals surface area contributed by atoms with Gasteiger partial charge in [0.2, 0.25) is 0 Å². The second-order valence-corrected chi connectivity index (χ2v) is 14.9. The second-order valence-electron chi connectivity index (χ2n) is 14.9. The fraction of sp³-hybridized carbons (Fsp3) is 0.906. The first-order valence-corrected chi connectivity index (χ1v) is 14.6. The van der Waals surface area contributed by atoms with Crippen LogP contribution in [0.2, 0.25) is 0 Å². The van der Waals surface area contributed by atoms with Crippen LogP contribution in [0.5, 0.6) is 0 Å². The quantitative estimate of drug-likeness (QED) is 0.298. The van der Waals surface area contributed by atoms with E-state index in [1.165, 1.54) is 69.8 Å². The van der Waals surface area contributed by atoms with Gasteiger partial charge in [-0.1, -0.05) is 46.3 Å². The maximum Gasteiger partial charge on any atom is 0.302 e. The first-order chi connectivity index (χ1) is 15.8. The predicted octanol–water partition coefficient (Wildman–Crippen LogP) is 8.74. The van der Waals surface area contributed by atoms with Crippen molar-refractivity contribution >= 4 is 5.97 Å². The Morgan fingerprint density at radius 1 is 0.882 bits per heavy atom. The molecule has 0 radical (unpaired) electrons. The molecule has 0 heterocycles. The van der Waals surface area contributed by atoms with Crippen LogP contribution in [0.4, 0.5) is 0 Å². The summed E-state index contributed by atoms with van der Waals surface area (Å²) in [7, 11) is 0. The van der Waals surface area contributed by atoms with Crippen molar-refractivity contribution in [2.24, 2.45) is 50.7 Å². The summed E-state index contributed by atoms with van der Waals surface area (Å²) in [4.78, 5) is 11.8. The van der Waals surface area contributed by atoms with Crippen LogP contribution < -0.4 is 0 Å². The Labute approximate surface area is 210 Å². The Bertz CT molecular complexity index is 866. The Morgan fingerprint density at radius 2 is 1.56 bits per heavy atom. The number of carbonyl (C=O) groups is 1. The third-order valence-corrected chi connectivity index (χ3v) is 13.3. The molecule has 2 nitrogen and oxygen atoms in total. The summed E-state index contributed by atoms with van der Waals surface area (Å²) in [5.41, 5.74) is 3.71. The number of carbonyl (C=O) groups excluding carboxylic acids is 1. The van der Waals surface area contributed by atoms with E-state index in [0.717, 1.165) is 30.1 Å². The lowest BCUT2D eigenvalue weighted by Gasteiger charge is -2.63. The standard InChI is InChI=1S/C32H52O2/c1-21(2)10-9-11-22(3)24-14-16-30(8)26-13-12-25-28(5,6)27(34-23(4)33)15-17-31(25)20-32(26,31)19-18-29(24,30)7/h10,22,24-27H,9,11-20H2,1-8H3/t22-,24+,25+,26+,27-,29+,30-,31+,32-/m0/s1. The molecule has 192 valence electrons. The molecule has 2 heteroatoms. The number of allylic oxidation sites excluding steroid dienone is 2. The van der Waals surface area contributed by atoms with E-state index in [2.05, 4.69) is 54.5 Å².